The number of nitrogens with zero attached hydrogens (tertiary/aromatic N) is 2. The zero-order valence-electron chi connectivity index (χ0n) is 18.6. The molecule has 0 saturated heterocycles. The van der Waals surface area contributed by atoms with Gasteiger partial charge in [-0.25, -0.2) is 8.42 Å². The maximum absolute atomic E-state index is 13.7. The molecule has 1 aromatic heterocycles. The molecule has 0 bridgehead atoms. The molecule has 7 heteroatoms. The number of anilines is 1. The normalized spacial score (nSPS) is 16.2. The number of amides is 1. The van der Waals surface area contributed by atoms with Crippen LogP contribution < -0.4 is 9.04 Å². The first kappa shape index (κ1) is 21.3. The second-order valence-corrected chi connectivity index (χ2v) is 10.1. The van der Waals surface area contributed by atoms with Gasteiger partial charge < -0.3 is 9.30 Å². The van der Waals surface area contributed by atoms with Crippen molar-refractivity contribution in [3.63, 3.8) is 0 Å². The molecule has 1 aliphatic heterocycles. The Hall–Kier alpha value is -3.58. The minimum absolute atomic E-state index is 0.0409. The maximum atomic E-state index is 13.7. The van der Waals surface area contributed by atoms with E-state index in [4.69, 9.17) is 4.74 Å². The molecule has 5 rings (SSSR count). The Morgan fingerprint density at radius 3 is 2.42 bits per heavy atom. The molecule has 33 heavy (non-hydrogen) atoms. The summed E-state index contributed by atoms with van der Waals surface area (Å²) in [5.74, 6) is 0.331. The monoisotopic (exact) mass is 460 g/mol. The predicted molar refractivity (Wildman–Crippen MR) is 128 cm³/mol. The van der Waals surface area contributed by atoms with Gasteiger partial charge >= 0.3 is 0 Å². The number of methoxy groups -OCH3 is 1. The lowest BCUT2D eigenvalue weighted by Crippen LogP contribution is -2.42. The van der Waals surface area contributed by atoms with Crippen molar-refractivity contribution in [2.24, 2.45) is 7.05 Å². The van der Waals surface area contributed by atoms with Gasteiger partial charge in [0.05, 0.1) is 12.0 Å². The van der Waals surface area contributed by atoms with Gasteiger partial charge in [0.25, 0.3) is 10.0 Å². The summed E-state index contributed by atoms with van der Waals surface area (Å²) in [6.45, 7) is 1.89. The van der Waals surface area contributed by atoms with Gasteiger partial charge in [-0.1, -0.05) is 48.0 Å². The number of benzene rings is 3. The Labute approximate surface area is 193 Å². The molecule has 1 unspecified atom stereocenters. The molecule has 2 heterocycles. The molecule has 0 spiro atoms. The molecule has 3 aromatic carbocycles. The van der Waals surface area contributed by atoms with Gasteiger partial charge in [0.1, 0.15) is 11.6 Å². The molecule has 1 amide bonds. The SMILES string of the molecule is COc1cccc(C2CC(=O)N(S(=O)(=O)c3ccc(C)cc3)c3c2c2ccccc2n3C)c1. The highest BCUT2D eigenvalue weighted by Gasteiger charge is 2.43. The Morgan fingerprint density at radius 2 is 1.70 bits per heavy atom. The van der Waals surface area contributed by atoms with Gasteiger partial charge in [-0.05, 0) is 42.8 Å². The van der Waals surface area contributed by atoms with E-state index in [-0.39, 0.29) is 17.2 Å². The van der Waals surface area contributed by atoms with E-state index in [9.17, 15) is 13.2 Å². The molecule has 1 atom stereocenters. The van der Waals surface area contributed by atoms with Gasteiger partial charge in [0.15, 0.2) is 0 Å². The van der Waals surface area contributed by atoms with Crippen molar-refractivity contribution >= 4 is 32.7 Å². The Bertz CT molecular complexity index is 1490. The number of hydrogen-bond donors (Lipinski definition) is 0. The van der Waals surface area contributed by atoms with Gasteiger partial charge in [0.2, 0.25) is 5.91 Å². The Balaban J connectivity index is 1.78. The van der Waals surface area contributed by atoms with E-state index >= 15 is 0 Å². The number of fused-ring (bicyclic) bond motifs is 3. The second-order valence-electron chi connectivity index (χ2n) is 8.32. The summed E-state index contributed by atoms with van der Waals surface area (Å²) in [6, 6.07) is 21.9. The van der Waals surface area contributed by atoms with E-state index in [1.54, 1.807) is 43.0 Å². The number of aromatic nitrogens is 1. The van der Waals surface area contributed by atoms with Crippen LogP contribution in [0.25, 0.3) is 10.9 Å². The third-order valence-corrected chi connectivity index (χ3v) is 8.04. The van der Waals surface area contributed by atoms with Gasteiger partial charge in [0, 0.05) is 35.9 Å². The van der Waals surface area contributed by atoms with Crippen molar-refractivity contribution < 1.29 is 17.9 Å². The number of rotatable bonds is 4. The van der Waals surface area contributed by atoms with Crippen molar-refractivity contribution in [3.8, 4) is 5.75 Å². The summed E-state index contributed by atoms with van der Waals surface area (Å²) >= 11 is 0. The molecule has 0 radical (unpaired) electrons. The maximum Gasteiger partial charge on any atom is 0.272 e. The van der Waals surface area contributed by atoms with Gasteiger partial charge in [-0.15, -0.1) is 0 Å². The number of ether oxygens (including phenoxy) is 1. The van der Waals surface area contributed by atoms with Gasteiger partial charge in [-0.3, -0.25) is 4.79 Å². The Morgan fingerprint density at radius 1 is 0.970 bits per heavy atom. The molecule has 0 N–H and O–H groups in total. The highest BCUT2D eigenvalue weighted by atomic mass is 32.2. The first-order chi connectivity index (χ1) is 15.8. The molecule has 0 fully saturated rings. The largest absolute Gasteiger partial charge is 0.497 e. The third-order valence-electron chi connectivity index (χ3n) is 6.32. The van der Waals surface area contributed by atoms with E-state index in [0.29, 0.717) is 11.6 Å². The van der Waals surface area contributed by atoms with Crippen LogP contribution in [0.4, 0.5) is 5.82 Å². The molecule has 0 aliphatic carbocycles. The van der Waals surface area contributed by atoms with E-state index in [2.05, 4.69) is 0 Å². The quantitative estimate of drug-likeness (QED) is 0.441. The third kappa shape index (κ3) is 3.31. The van der Waals surface area contributed by atoms with Crippen LogP contribution in [0.1, 0.15) is 29.0 Å². The van der Waals surface area contributed by atoms with Gasteiger partial charge in [-0.2, -0.15) is 4.31 Å². The smallest absolute Gasteiger partial charge is 0.272 e. The van der Waals surface area contributed by atoms with E-state index in [1.807, 2.05) is 55.5 Å². The summed E-state index contributed by atoms with van der Waals surface area (Å²) in [5.41, 5.74) is 3.56. The number of carbonyl (C=O) groups is 1. The molecule has 1 aliphatic rings. The standard InChI is InChI=1S/C26H24N2O4S/c1-17-11-13-20(14-12-17)33(30,31)28-24(29)16-22(18-7-6-8-19(15-18)32-3)25-21-9-4-5-10-23(21)27(2)26(25)28/h4-15,22H,16H2,1-3H3. The summed E-state index contributed by atoms with van der Waals surface area (Å²) in [5, 5.41) is 0.930. The average Bonchev–Trinajstić information content (AvgIpc) is 3.11. The van der Waals surface area contributed by atoms with Crippen LogP contribution in [-0.4, -0.2) is 26.0 Å². The number of aryl methyl sites for hydroxylation is 2. The van der Waals surface area contributed by atoms with Crippen LogP contribution in [0, 0.1) is 6.92 Å². The fraction of sp³-hybridized carbons (Fsp3) is 0.192. The number of para-hydroxylation sites is 1. The molecule has 6 nitrogen and oxygen atoms in total. The number of carbonyl (C=O) groups excluding carboxylic acids is 1. The van der Waals surface area contributed by atoms with Crippen molar-refractivity contribution in [2.75, 3.05) is 11.4 Å². The number of sulfonamides is 1. The van der Waals surface area contributed by atoms with Crippen molar-refractivity contribution in [1.29, 1.82) is 0 Å². The van der Waals surface area contributed by atoms with E-state index in [0.717, 1.165) is 31.9 Å². The van der Waals surface area contributed by atoms with Crippen molar-refractivity contribution in [2.45, 2.75) is 24.2 Å². The lowest BCUT2D eigenvalue weighted by Gasteiger charge is -2.32. The summed E-state index contributed by atoms with van der Waals surface area (Å²) in [6.07, 6.45) is 0.0409. The molecule has 168 valence electrons. The topological polar surface area (TPSA) is 68.6 Å². The van der Waals surface area contributed by atoms with E-state index < -0.39 is 15.9 Å². The summed E-state index contributed by atoms with van der Waals surface area (Å²) < 4.78 is 35.6. The fourth-order valence-corrected chi connectivity index (χ4v) is 6.16. The highest BCUT2D eigenvalue weighted by Crippen LogP contribution is 2.47. The first-order valence-corrected chi connectivity index (χ1v) is 12.1. The van der Waals surface area contributed by atoms with Crippen molar-refractivity contribution in [1.82, 2.24) is 4.57 Å². The van der Waals surface area contributed by atoms with Crippen LogP contribution in [0.3, 0.4) is 0 Å². The van der Waals surface area contributed by atoms with Crippen LogP contribution in [0.5, 0.6) is 5.75 Å². The van der Waals surface area contributed by atoms with Crippen LogP contribution in [0.15, 0.2) is 77.7 Å². The molecule has 4 aromatic rings. The minimum atomic E-state index is -4.09. The van der Waals surface area contributed by atoms with Crippen LogP contribution >= 0.6 is 0 Å². The van der Waals surface area contributed by atoms with Crippen LogP contribution in [-0.2, 0) is 21.9 Å². The predicted octanol–water partition coefficient (Wildman–Crippen LogP) is 4.75. The zero-order valence-corrected chi connectivity index (χ0v) is 19.5. The molecule has 0 saturated carbocycles. The minimum Gasteiger partial charge on any atom is -0.497 e. The summed E-state index contributed by atoms with van der Waals surface area (Å²) in [4.78, 5) is 13.6. The first-order valence-electron chi connectivity index (χ1n) is 10.7. The van der Waals surface area contributed by atoms with E-state index in [1.165, 1.54) is 0 Å². The lowest BCUT2D eigenvalue weighted by atomic mass is 9.85. The zero-order chi connectivity index (χ0) is 23.3. The Kier molecular flexibility index (Phi) is 5.01. The lowest BCUT2D eigenvalue weighted by molar-refractivity contribution is -0.118. The highest BCUT2D eigenvalue weighted by molar-refractivity contribution is 7.93. The van der Waals surface area contributed by atoms with Crippen molar-refractivity contribution in [3.05, 3.63) is 89.5 Å². The second kappa shape index (κ2) is 7.78. The number of hydrogen-bond acceptors (Lipinski definition) is 4. The van der Waals surface area contributed by atoms with Crippen LogP contribution in [0.2, 0.25) is 0 Å². The molecular weight excluding hydrogens is 436 g/mol. The molecular formula is C26H24N2O4S. The summed E-state index contributed by atoms with van der Waals surface area (Å²) in [7, 11) is -0.685. The fourth-order valence-electron chi connectivity index (χ4n) is 4.68. The average molecular weight is 461 g/mol.